The molecule has 3 aromatic rings. The van der Waals surface area contributed by atoms with E-state index >= 15 is 0 Å². The zero-order chi connectivity index (χ0) is 20.3. The first-order valence-corrected chi connectivity index (χ1v) is 10.4. The molecule has 0 fully saturated rings. The molecule has 1 aliphatic rings. The molecule has 3 aromatic carbocycles. The van der Waals surface area contributed by atoms with Crippen LogP contribution >= 0.6 is 0 Å². The highest BCUT2D eigenvalue weighted by Gasteiger charge is 2.17. The van der Waals surface area contributed by atoms with Gasteiger partial charge in [0, 0.05) is 16.9 Å². The third-order valence-electron chi connectivity index (χ3n) is 4.23. The molecule has 0 radical (unpaired) electrons. The van der Waals surface area contributed by atoms with Crippen LogP contribution in [0.2, 0.25) is 0 Å². The van der Waals surface area contributed by atoms with Crippen molar-refractivity contribution in [1.82, 2.24) is 0 Å². The Balaban J connectivity index is 1.52. The van der Waals surface area contributed by atoms with Gasteiger partial charge >= 0.3 is 0 Å². The van der Waals surface area contributed by atoms with E-state index in [-0.39, 0.29) is 10.8 Å². The van der Waals surface area contributed by atoms with Crippen molar-refractivity contribution in [3.05, 3.63) is 78.4 Å². The average Bonchev–Trinajstić information content (AvgIpc) is 2.74. The van der Waals surface area contributed by atoms with Gasteiger partial charge in [0.1, 0.15) is 13.2 Å². The Labute approximate surface area is 168 Å². The van der Waals surface area contributed by atoms with Crippen LogP contribution in [0.5, 0.6) is 11.5 Å². The van der Waals surface area contributed by atoms with E-state index in [1.807, 2.05) is 0 Å². The van der Waals surface area contributed by atoms with Gasteiger partial charge in [-0.15, -0.1) is 0 Å². The molecule has 0 saturated carbocycles. The van der Waals surface area contributed by atoms with Gasteiger partial charge < -0.3 is 14.8 Å². The third kappa shape index (κ3) is 4.33. The van der Waals surface area contributed by atoms with Crippen molar-refractivity contribution in [2.24, 2.45) is 0 Å². The fourth-order valence-corrected chi connectivity index (χ4v) is 3.95. The van der Waals surface area contributed by atoms with Gasteiger partial charge in [0.25, 0.3) is 15.9 Å². The van der Waals surface area contributed by atoms with Crippen LogP contribution in [0.3, 0.4) is 0 Å². The summed E-state index contributed by atoms with van der Waals surface area (Å²) in [6.07, 6.45) is 0. The van der Waals surface area contributed by atoms with E-state index in [0.29, 0.717) is 41.7 Å². The van der Waals surface area contributed by atoms with Gasteiger partial charge in [-0.2, -0.15) is 0 Å². The number of ether oxygens (including phenoxy) is 2. The summed E-state index contributed by atoms with van der Waals surface area (Å²) in [5.74, 6) is 0.715. The second-order valence-electron chi connectivity index (χ2n) is 6.31. The lowest BCUT2D eigenvalue weighted by Crippen LogP contribution is -2.17. The minimum atomic E-state index is -3.79. The number of fused-ring (bicyclic) bond motifs is 1. The molecular weight excluding hydrogens is 392 g/mol. The second kappa shape index (κ2) is 7.84. The van der Waals surface area contributed by atoms with Gasteiger partial charge in [-0.1, -0.05) is 24.3 Å². The topological polar surface area (TPSA) is 93.7 Å². The van der Waals surface area contributed by atoms with Crippen LogP contribution in [-0.4, -0.2) is 27.5 Å². The van der Waals surface area contributed by atoms with Crippen molar-refractivity contribution in [2.75, 3.05) is 23.3 Å². The first-order chi connectivity index (χ1) is 14.0. The Morgan fingerprint density at radius 3 is 2.31 bits per heavy atom. The maximum absolute atomic E-state index is 12.6. The van der Waals surface area contributed by atoms with E-state index in [1.165, 1.54) is 12.1 Å². The van der Waals surface area contributed by atoms with Crippen LogP contribution in [0.4, 0.5) is 11.4 Å². The van der Waals surface area contributed by atoms with Crippen LogP contribution in [0.25, 0.3) is 0 Å². The number of amides is 1. The number of rotatable bonds is 5. The fourth-order valence-electron chi connectivity index (χ4n) is 2.85. The summed E-state index contributed by atoms with van der Waals surface area (Å²) in [4.78, 5) is 12.6. The van der Waals surface area contributed by atoms with Crippen LogP contribution in [0.15, 0.2) is 77.7 Å². The SMILES string of the molecule is O=C(Nc1cccc(S(=O)(=O)Nc2ccccc2)c1)c1ccc2c(c1)OCCO2. The molecule has 148 valence electrons. The Bertz CT molecular complexity index is 1150. The lowest BCUT2D eigenvalue weighted by atomic mass is 10.1. The minimum Gasteiger partial charge on any atom is -0.486 e. The van der Waals surface area contributed by atoms with E-state index in [4.69, 9.17) is 9.47 Å². The molecule has 2 N–H and O–H groups in total. The van der Waals surface area contributed by atoms with E-state index in [2.05, 4.69) is 10.0 Å². The van der Waals surface area contributed by atoms with E-state index in [9.17, 15) is 13.2 Å². The predicted octanol–water partition coefficient (Wildman–Crippen LogP) is 3.51. The molecule has 0 spiro atoms. The first kappa shape index (κ1) is 18.8. The molecule has 7 nitrogen and oxygen atoms in total. The van der Waals surface area contributed by atoms with Crippen LogP contribution < -0.4 is 19.5 Å². The smallest absolute Gasteiger partial charge is 0.261 e. The fraction of sp³-hybridized carbons (Fsp3) is 0.0952. The molecule has 0 aliphatic carbocycles. The molecule has 0 atom stereocenters. The number of hydrogen-bond donors (Lipinski definition) is 2. The normalized spacial score (nSPS) is 12.8. The number of carbonyl (C=O) groups is 1. The first-order valence-electron chi connectivity index (χ1n) is 8.90. The summed E-state index contributed by atoms with van der Waals surface area (Å²) in [5, 5.41) is 2.71. The van der Waals surface area contributed by atoms with Crippen molar-refractivity contribution in [1.29, 1.82) is 0 Å². The molecule has 29 heavy (non-hydrogen) atoms. The Morgan fingerprint density at radius 2 is 1.52 bits per heavy atom. The molecular formula is C21H18N2O5S. The highest BCUT2D eigenvalue weighted by atomic mass is 32.2. The molecule has 1 amide bonds. The van der Waals surface area contributed by atoms with Gasteiger partial charge in [0.2, 0.25) is 0 Å². The number of anilines is 2. The van der Waals surface area contributed by atoms with Crippen LogP contribution in [0, 0.1) is 0 Å². The maximum atomic E-state index is 12.6. The quantitative estimate of drug-likeness (QED) is 0.671. The minimum absolute atomic E-state index is 0.0429. The summed E-state index contributed by atoms with van der Waals surface area (Å²) in [5.41, 5.74) is 1.20. The lowest BCUT2D eigenvalue weighted by molar-refractivity contribution is 0.102. The van der Waals surface area contributed by atoms with Crippen molar-refractivity contribution >= 4 is 27.3 Å². The van der Waals surface area contributed by atoms with Crippen LogP contribution in [-0.2, 0) is 10.0 Å². The monoisotopic (exact) mass is 410 g/mol. The average molecular weight is 410 g/mol. The molecule has 0 saturated heterocycles. The number of nitrogens with one attached hydrogen (secondary N) is 2. The van der Waals surface area contributed by atoms with Gasteiger partial charge in [-0.05, 0) is 48.5 Å². The highest BCUT2D eigenvalue weighted by molar-refractivity contribution is 7.92. The summed E-state index contributed by atoms with van der Waals surface area (Å²) in [7, 11) is -3.79. The lowest BCUT2D eigenvalue weighted by Gasteiger charge is -2.18. The zero-order valence-corrected chi connectivity index (χ0v) is 16.1. The van der Waals surface area contributed by atoms with Crippen molar-refractivity contribution in [3.63, 3.8) is 0 Å². The zero-order valence-electron chi connectivity index (χ0n) is 15.3. The number of hydrogen-bond acceptors (Lipinski definition) is 5. The van der Waals surface area contributed by atoms with Crippen molar-refractivity contribution in [3.8, 4) is 11.5 Å². The molecule has 8 heteroatoms. The van der Waals surface area contributed by atoms with E-state index < -0.39 is 10.0 Å². The number of para-hydroxylation sites is 1. The van der Waals surface area contributed by atoms with Crippen molar-refractivity contribution < 1.29 is 22.7 Å². The van der Waals surface area contributed by atoms with Gasteiger partial charge in [0.15, 0.2) is 11.5 Å². The number of carbonyl (C=O) groups excluding carboxylic acids is 1. The molecule has 0 bridgehead atoms. The standard InChI is InChI=1S/C21H18N2O5S/c24-21(15-9-10-19-20(13-15)28-12-11-27-19)22-17-7-4-8-18(14-17)29(25,26)23-16-5-2-1-3-6-16/h1-10,13-14,23H,11-12H2,(H,22,24). The Kier molecular flexibility index (Phi) is 5.09. The predicted molar refractivity (Wildman–Crippen MR) is 109 cm³/mol. The number of sulfonamides is 1. The molecule has 1 heterocycles. The molecule has 0 aromatic heterocycles. The van der Waals surface area contributed by atoms with Crippen molar-refractivity contribution in [2.45, 2.75) is 4.90 Å². The second-order valence-corrected chi connectivity index (χ2v) is 7.99. The largest absolute Gasteiger partial charge is 0.486 e. The summed E-state index contributed by atoms with van der Waals surface area (Å²) < 4.78 is 38.7. The third-order valence-corrected chi connectivity index (χ3v) is 5.61. The van der Waals surface area contributed by atoms with E-state index in [1.54, 1.807) is 60.7 Å². The highest BCUT2D eigenvalue weighted by Crippen LogP contribution is 2.31. The van der Waals surface area contributed by atoms with E-state index in [0.717, 1.165) is 0 Å². The molecule has 1 aliphatic heterocycles. The molecule has 0 unspecified atom stereocenters. The van der Waals surface area contributed by atoms with Gasteiger partial charge in [0.05, 0.1) is 4.90 Å². The van der Waals surface area contributed by atoms with Gasteiger partial charge in [-0.25, -0.2) is 8.42 Å². The van der Waals surface area contributed by atoms with Gasteiger partial charge in [-0.3, -0.25) is 9.52 Å². The Hall–Kier alpha value is -3.52. The molecule has 4 rings (SSSR count). The van der Waals surface area contributed by atoms with Crippen LogP contribution in [0.1, 0.15) is 10.4 Å². The maximum Gasteiger partial charge on any atom is 0.261 e. The summed E-state index contributed by atoms with van der Waals surface area (Å²) in [6.45, 7) is 0.892. The summed E-state index contributed by atoms with van der Waals surface area (Å²) >= 11 is 0. The Morgan fingerprint density at radius 1 is 0.793 bits per heavy atom. The number of benzene rings is 3. The summed E-state index contributed by atoms with van der Waals surface area (Å²) in [6, 6.07) is 19.5.